The number of pyridine rings is 1. The molecule has 1 heterocycles. The Balaban J connectivity index is 2.30. The monoisotopic (exact) mass is 351 g/mol. The largest absolute Gasteiger partial charge is 0.379 e. The van der Waals surface area contributed by atoms with E-state index >= 15 is 0 Å². The normalized spacial score (nSPS) is 11.0. The smallest absolute Gasteiger partial charge is 0.357 e. The van der Waals surface area contributed by atoms with E-state index in [1.807, 2.05) is 18.2 Å². The van der Waals surface area contributed by atoms with Gasteiger partial charge in [0.1, 0.15) is 5.69 Å². The SMILES string of the molecule is CC(C)CCNc1c([N+](=O)[O-])c(=O)n(-c2ccccc2)c2ccccc12. The van der Waals surface area contributed by atoms with E-state index in [9.17, 15) is 14.9 Å². The minimum atomic E-state index is -0.632. The summed E-state index contributed by atoms with van der Waals surface area (Å²) >= 11 is 0. The molecule has 0 atom stereocenters. The van der Waals surface area contributed by atoms with E-state index in [1.165, 1.54) is 4.57 Å². The highest BCUT2D eigenvalue weighted by molar-refractivity contribution is 5.97. The van der Waals surface area contributed by atoms with Gasteiger partial charge in [-0.2, -0.15) is 0 Å². The molecule has 0 unspecified atom stereocenters. The zero-order valence-corrected chi connectivity index (χ0v) is 14.8. The second kappa shape index (κ2) is 7.39. The van der Waals surface area contributed by atoms with Gasteiger partial charge in [-0.15, -0.1) is 0 Å². The third-order valence-electron chi connectivity index (χ3n) is 4.28. The number of nitrogens with zero attached hydrogens (tertiary/aromatic N) is 2. The first kappa shape index (κ1) is 17.7. The van der Waals surface area contributed by atoms with Crippen molar-refractivity contribution in [3.63, 3.8) is 0 Å². The molecule has 0 bridgehead atoms. The van der Waals surface area contributed by atoms with Gasteiger partial charge in [0.15, 0.2) is 0 Å². The number of benzene rings is 2. The van der Waals surface area contributed by atoms with Crippen molar-refractivity contribution in [3.05, 3.63) is 75.1 Å². The van der Waals surface area contributed by atoms with Gasteiger partial charge < -0.3 is 5.32 Å². The van der Waals surface area contributed by atoms with Gasteiger partial charge in [0, 0.05) is 17.6 Å². The molecule has 0 aliphatic heterocycles. The van der Waals surface area contributed by atoms with Crippen LogP contribution in [0.1, 0.15) is 20.3 Å². The molecular weight excluding hydrogens is 330 g/mol. The van der Waals surface area contributed by atoms with E-state index in [1.54, 1.807) is 36.4 Å². The maximum atomic E-state index is 13.0. The lowest BCUT2D eigenvalue weighted by molar-refractivity contribution is -0.385. The molecule has 0 saturated carbocycles. The highest BCUT2D eigenvalue weighted by atomic mass is 16.6. The molecule has 0 amide bonds. The molecule has 0 saturated heterocycles. The van der Waals surface area contributed by atoms with Crippen LogP contribution in [0.15, 0.2) is 59.4 Å². The molecule has 0 aliphatic carbocycles. The summed E-state index contributed by atoms with van der Waals surface area (Å²) in [6, 6.07) is 16.2. The van der Waals surface area contributed by atoms with Crippen molar-refractivity contribution in [2.75, 3.05) is 11.9 Å². The lowest BCUT2D eigenvalue weighted by Crippen LogP contribution is -2.24. The van der Waals surface area contributed by atoms with Crippen LogP contribution in [-0.4, -0.2) is 16.0 Å². The van der Waals surface area contributed by atoms with Gasteiger partial charge in [-0.3, -0.25) is 19.5 Å². The first-order chi connectivity index (χ1) is 12.5. The summed E-state index contributed by atoms with van der Waals surface area (Å²) in [6.45, 7) is 4.74. The number of aromatic nitrogens is 1. The van der Waals surface area contributed by atoms with Crippen molar-refractivity contribution >= 4 is 22.3 Å². The Morgan fingerprint density at radius 2 is 1.73 bits per heavy atom. The van der Waals surface area contributed by atoms with Crippen LogP contribution in [0.4, 0.5) is 11.4 Å². The van der Waals surface area contributed by atoms with Gasteiger partial charge in [-0.05, 0) is 30.5 Å². The molecule has 134 valence electrons. The summed E-state index contributed by atoms with van der Waals surface area (Å²) in [5.74, 6) is 0.456. The van der Waals surface area contributed by atoms with Gasteiger partial charge >= 0.3 is 11.2 Å². The van der Waals surface area contributed by atoms with E-state index in [2.05, 4.69) is 19.2 Å². The summed E-state index contributed by atoms with van der Waals surface area (Å²) in [7, 11) is 0. The fraction of sp³-hybridized carbons (Fsp3) is 0.250. The molecule has 1 N–H and O–H groups in total. The molecule has 0 radical (unpaired) electrons. The number of hydrogen-bond acceptors (Lipinski definition) is 4. The minimum Gasteiger partial charge on any atom is -0.379 e. The van der Waals surface area contributed by atoms with Crippen LogP contribution < -0.4 is 10.9 Å². The first-order valence-electron chi connectivity index (χ1n) is 8.62. The fourth-order valence-electron chi connectivity index (χ4n) is 3.00. The molecule has 3 aromatic rings. The summed E-state index contributed by atoms with van der Waals surface area (Å²) in [5, 5.41) is 15.5. The predicted molar refractivity (Wildman–Crippen MR) is 104 cm³/mol. The Hall–Kier alpha value is -3.15. The number of anilines is 1. The predicted octanol–water partition coefficient (Wildman–Crippen LogP) is 4.36. The Kier molecular flexibility index (Phi) is 5.02. The highest BCUT2D eigenvalue weighted by Crippen LogP contribution is 2.31. The van der Waals surface area contributed by atoms with Crippen molar-refractivity contribution < 1.29 is 4.92 Å². The average Bonchev–Trinajstić information content (AvgIpc) is 2.62. The Morgan fingerprint density at radius 1 is 1.08 bits per heavy atom. The summed E-state index contributed by atoms with van der Waals surface area (Å²) in [5.41, 5.74) is 0.485. The molecule has 0 spiro atoms. The summed E-state index contributed by atoms with van der Waals surface area (Å²) in [4.78, 5) is 24.2. The Morgan fingerprint density at radius 3 is 2.38 bits per heavy atom. The van der Waals surface area contributed by atoms with Crippen molar-refractivity contribution in [1.82, 2.24) is 4.57 Å². The molecular formula is C20H21N3O3. The number of rotatable bonds is 6. The molecule has 26 heavy (non-hydrogen) atoms. The number of nitro groups is 1. The van der Waals surface area contributed by atoms with E-state index in [4.69, 9.17) is 0 Å². The van der Waals surface area contributed by atoms with E-state index in [-0.39, 0.29) is 0 Å². The molecule has 6 nitrogen and oxygen atoms in total. The van der Waals surface area contributed by atoms with Crippen molar-refractivity contribution in [2.45, 2.75) is 20.3 Å². The number of para-hydroxylation sites is 2. The van der Waals surface area contributed by atoms with E-state index < -0.39 is 16.2 Å². The number of fused-ring (bicyclic) bond motifs is 1. The summed E-state index contributed by atoms with van der Waals surface area (Å²) < 4.78 is 1.40. The zero-order valence-electron chi connectivity index (χ0n) is 14.8. The highest BCUT2D eigenvalue weighted by Gasteiger charge is 2.26. The van der Waals surface area contributed by atoms with Crippen molar-refractivity contribution in [2.24, 2.45) is 5.92 Å². The van der Waals surface area contributed by atoms with Gasteiger partial charge in [0.2, 0.25) is 0 Å². The van der Waals surface area contributed by atoms with E-state index in [0.717, 1.165) is 6.42 Å². The first-order valence-corrected chi connectivity index (χ1v) is 8.62. The van der Waals surface area contributed by atoms with Gasteiger partial charge in [-0.25, -0.2) is 0 Å². The van der Waals surface area contributed by atoms with Crippen molar-refractivity contribution in [1.29, 1.82) is 0 Å². The lowest BCUT2D eigenvalue weighted by Gasteiger charge is -2.15. The van der Waals surface area contributed by atoms with Crippen LogP contribution in [0, 0.1) is 16.0 Å². The van der Waals surface area contributed by atoms with Crippen LogP contribution in [0.5, 0.6) is 0 Å². The third kappa shape index (κ3) is 3.31. The van der Waals surface area contributed by atoms with Gasteiger partial charge in [0.05, 0.1) is 10.4 Å². The van der Waals surface area contributed by atoms with E-state index in [0.29, 0.717) is 34.7 Å². The number of nitrogens with one attached hydrogen (secondary N) is 1. The standard InChI is InChI=1S/C20H21N3O3/c1-14(2)12-13-21-18-16-10-6-7-11-17(16)22(15-8-4-3-5-9-15)20(24)19(18)23(25)26/h3-11,14,21H,12-13H2,1-2H3. The maximum Gasteiger partial charge on any atom is 0.357 e. The summed E-state index contributed by atoms with van der Waals surface area (Å²) in [6.07, 6.45) is 0.854. The molecule has 6 heteroatoms. The van der Waals surface area contributed by atoms with Crippen LogP contribution in [0.2, 0.25) is 0 Å². The van der Waals surface area contributed by atoms with Crippen LogP contribution in [-0.2, 0) is 0 Å². The third-order valence-corrected chi connectivity index (χ3v) is 4.28. The second-order valence-electron chi connectivity index (χ2n) is 6.58. The number of hydrogen-bond donors (Lipinski definition) is 1. The Bertz CT molecular complexity index is 994. The quantitative estimate of drug-likeness (QED) is 0.529. The average molecular weight is 351 g/mol. The molecule has 0 fully saturated rings. The molecule has 0 aliphatic rings. The van der Waals surface area contributed by atoms with Crippen LogP contribution in [0.3, 0.4) is 0 Å². The fourth-order valence-corrected chi connectivity index (χ4v) is 3.00. The molecule has 2 aromatic carbocycles. The lowest BCUT2D eigenvalue weighted by atomic mass is 10.1. The van der Waals surface area contributed by atoms with Crippen LogP contribution >= 0.6 is 0 Å². The topological polar surface area (TPSA) is 77.2 Å². The molecule has 1 aromatic heterocycles. The maximum absolute atomic E-state index is 13.0. The zero-order chi connectivity index (χ0) is 18.7. The van der Waals surface area contributed by atoms with Gasteiger partial charge in [0.25, 0.3) is 0 Å². The molecule has 3 rings (SSSR count). The van der Waals surface area contributed by atoms with Crippen molar-refractivity contribution in [3.8, 4) is 5.69 Å². The Labute approximate surface area is 151 Å². The second-order valence-corrected chi connectivity index (χ2v) is 6.58. The van der Waals surface area contributed by atoms with Crippen LogP contribution in [0.25, 0.3) is 16.6 Å². The van der Waals surface area contributed by atoms with Gasteiger partial charge in [-0.1, -0.05) is 50.2 Å². The minimum absolute atomic E-state index is 0.295.